The van der Waals surface area contributed by atoms with Gasteiger partial charge in [-0.15, -0.1) is 0 Å². The molecule has 1 unspecified atom stereocenters. The predicted molar refractivity (Wildman–Crippen MR) is 199 cm³/mol. The lowest BCUT2D eigenvalue weighted by Gasteiger charge is -2.35. The fourth-order valence-corrected chi connectivity index (χ4v) is 8.24. The van der Waals surface area contributed by atoms with Crippen molar-refractivity contribution in [2.45, 2.75) is 154 Å². The van der Waals surface area contributed by atoms with Gasteiger partial charge in [-0.3, -0.25) is 33.6 Å². The van der Waals surface area contributed by atoms with E-state index < -0.39 is 65.6 Å². The van der Waals surface area contributed by atoms with Gasteiger partial charge in [-0.25, -0.2) is 0 Å². The topological polar surface area (TPSA) is 182 Å². The van der Waals surface area contributed by atoms with Crippen LogP contribution < -0.4 is 16.4 Å². The van der Waals surface area contributed by atoms with E-state index in [4.69, 9.17) is 10.5 Å². The molecule has 2 saturated carbocycles. The van der Waals surface area contributed by atoms with Crippen LogP contribution in [-0.2, 0) is 38.3 Å². The van der Waals surface area contributed by atoms with Crippen LogP contribution in [0.25, 0.3) is 0 Å². The first kappa shape index (κ1) is 41.8. The number of primary amides is 1. The zero-order valence-electron chi connectivity index (χ0n) is 32.0. The van der Waals surface area contributed by atoms with Gasteiger partial charge in [-0.2, -0.15) is 0 Å². The zero-order chi connectivity index (χ0) is 38.7. The highest BCUT2D eigenvalue weighted by Gasteiger charge is 2.46. The Morgan fingerprint density at radius 1 is 0.868 bits per heavy atom. The van der Waals surface area contributed by atoms with Crippen molar-refractivity contribution in [1.29, 1.82) is 0 Å². The van der Waals surface area contributed by atoms with Crippen molar-refractivity contribution >= 4 is 41.0 Å². The molecule has 3 aliphatic rings. The summed E-state index contributed by atoms with van der Waals surface area (Å²) in [5.74, 6) is -4.31. The van der Waals surface area contributed by atoms with E-state index in [2.05, 4.69) is 10.6 Å². The summed E-state index contributed by atoms with van der Waals surface area (Å²) in [6.45, 7) is 7.64. The number of carbonyl (C=O) groups excluding carboxylic acids is 7. The monoisotopic (exact) mass is 736 g/mol. The van der Waals surface area contributed by atoms with Gasteiger partial charge >= 0.3 is 0 Å². The number of hydrogen-bond acceptors (Lipinski definition) is 8. The average Bonchev–Trinajstić information content (AvgIpc) is 3.80. The van der Waals surface area contributed by atoms with E-state index in [1.807, 2.05) is 20.8 Å². The van der Waals surface area contributed by atoms with Crippen molar-refractivity contribution in [2.75, 3.05) is 6.54 Å². The number of hydrogen-bond donors (Lipinski definition) is 3. The highest BCUT2D eigenvalue weighted by molar-refractivity contribution is 6.38. The molecule has 5 atom stereocenters. The standard InChI is InChI=1S/C41H60N4O8/c1-5-27(38(50)32(46)20-21-34(48)43-36(39(42)51)28-16-8-6-9-17-28)23-33(47)31-24-30(53-41(2,3)4)25-45(31)40(52)37(29-18-10-7-11-19-29)44-35(49)22-26-14-12-13-15-26/h6,8-9,16-17,26-27,29-31,36-37H,5,7,10-15,18-25H2,1-4H3,(H2,42,51)(H,43,48)(H,44,49)/t27?,30-,31+,36+,37+/m1/s1. The smallest absolute Gasteiger partial charge is 0.246 e. The van der Waals surface area contributed by atoms with Crippen molar-refractivity contribution < 1.29 is 38.3 Å². The summed E-state index contributed by atoms with van der Waals surface area (Å²) in [5.41, 5.74) is 5.45. The summed E-state index contributed by atoms with van der Waals surface area (Å²) in [6, 6.07) is 5.75. The zero-order valence-corrected chi connectivity index (χ0v) is 32.0. The van der Waals surface area contributed by atoms with E-state index in [1.54, 1.807) is 42.2 Å². The fraction of sp³-hybridized carbons (Fsp3) is 0.683. The minimum Gasteiger partial charge on any atom is -0.371 e. The lowest BCUT2D eigenvalue weighted by atomic mass is 9.82. The molecule has 1 aromatic carbocycles. The van der Waals surface area contributed by atoms with Gasteiger partial charge in [0, 0.05) is 44.6 Å². The van der Waals surface area contributed by atoms with Crippen molar-refractivity contribution in [1.82, 2.24) is 15.5 Å². The maximum Gasteiger partial charge on any atom is 0.246 e. The minimum absolute atomic E-state index is 0.0344. The van der Waals surface area contributed by atoms with Gasteiger partial charge in [0.05, 0.1) is 17.7 Å². The van der Waals surface area contributed by atoms with E-state index in [9.17, 15) is 33.6 Å². The quantitative estimate of drug-likeness (QED) is 0.182. The lowest BCUT2D eigenvalue weighted by molar-refractivity contribution is -0.144. The molecule has 3 fully saturated rings. The number of amides is 4. The molecule has 0 radical (unpaired) electrons. The molecule has 0 bridgehead atoms. The molecule has 12 heteroatoms. The number of nitrogens with zero attached hydrogens (tertiary/aromatic N) is 1. The molecule has 1 saturated heterocycles. The van der Waals surface area contributed by atoms with Crippen LogP contribution >= 0.6 is 0 Å². The Kier molecular flexibility index (Phi) is 15.3. The summed E-state index contributed by atoms with van der Waals surface area (Å²) < 4.78 is 6.27. The van der Waals surface area contributed by atoms with Gasteiger partial charge < -0.3 is 26.0 Å². The third kappa shape index (κ3) is 12.3. The van der Waals surface area contributed by atoms with E-state index >= 15 is 0 Å². The van der Waals surface area contributed by atoms with Crippen LogP contribution in [0.3, 0.4) is 0 Å². The summed E-state index contributed by atoms with van der Waals surface area (Å²) in [6.07, 6.45) is 8.37. The van der Waals surface area contributed by atoms with E-state index in [0.717, 1.165) is 57.8 Å². The Bertz CT molecular complexity index is 1460. The molecule has 0 aromatic heterocycles. The number of ketones is 3. The number of nitrogens with two attached hydrogens (primary N) is 1. The van der Waals surface area contributed by atoms with Crippen LogP contribution in [0.1, 0.15) is 136 Å². The molecule has 1 aliphatic heterocycles. The predicted octanol–water partition coefficient (Wildman–Crippen LogP) is 4.66. The number of benzene rings is 1. The molecule has 0 spiro atoms. The minimum atomic E-state index is -1.09. The largest absolute Gasteiger partial charge is 0.371 e. The third-order valence-electron chi connectivity index (χ3n) is 11.0. The molecular formula is C41H60N4O8. The molecule has 292 valence electrons. The molecule has 53 heavy (non-hydrogen) atoms. The molecule has 1 aromatic rings. The Morgan fingerprint density at radius 2 is 1.51 bits per heavy atom. The SMILES string of the molecule is CCC(CC(=O)[C@@H]1C[C@@H](OC(C)(C)C)CN1C(=O)[C@@H](NC(=O)CC1CCCC1)C1CCCCC1)C(=O)C(=O)CCC(=O)N[C@H](C(N)=O)c1ccccc1. The van der Waals surface area contributed by atoms with Crippen LogP contribution in [0.4, 0.5) is 0 Å². The molecule has 4 amide bonds. The normalized spacial score (nSPS) is 21.4. The lowest BCUT2D eigenvalue weighted by Crippen LogP contribution is -2.55. The highest BCUT2D eigenvalue weighted by atomic mass is 16.5. The summed E-state index contributed by atoms with van der Waals surface area (Å²) in [7, 11) is 0. The van der Waals surface area contributed by atoms with Gasteiger partial charge in [-0.1, -0.05) is 69.4 Å². The number of nitrogens with one attached hydrogen (secondary N) is 2. The molecule has 1 heterocycles. The average molecular weight is 737 g/mol. The number of Topliss-reactive ketones (excluding diaryl/α,β-unsaturated/α-hetero) is 3. The van der Waals surface area contributed by atoms with Crippen molar-refractivity contribution in [3.63, 3.8) is 0 Å². The second-order valence-electron chi connectivity index (χ2n) is 16.3. The number of likely N-dealkylation sites (tertiary alicyclic amines) is 1. The van der Waals surface area contributed by atoms with Crippen molar-refractivity contribution in [3.8, 4) is 0 Å². The van der Waals surface area contributed by atoms with Crippen LogP contribution in [0, 0.1) is 17.8 Å². The maximum atomic E-state index is 14.5. The van der Waals surface area contributed by atoms with Gasteiger partial charge in [0.25, 0.3) is 0 Å². The van der Waals surface area contributed by atoms with Gasteiger partial charge in [0.15, 0.2) is 11.6 Å². The molecular weight excluding hydrogens is 676 g/mol. The highest BCUT2D eigenvalue weighted by Crippen LogP contribution is 2.33. The van der Waals surface area contributed by atoms with E-state index in [1.165, 1.54) is 0 Å². The Morgan fingerprint density at radius 3 is 2.11 bits per heavy atom. The van der Waals surface area contributed by atoms with Crippen molar-refractivity contribution in [3.05, 3.63) is 35.9 Å². The van der Waals surface area contributed by atoms with Gasteiger partial charge in [0.2, 0.25) is 29.4 Å². The van der Waals surface area contributed by atoms with Crippen LogP contribution in [0.15, 0.2) is 30.3 Å². The molecule has 4 rings (SSSR count). The van der Waals surface area contributed by atoms with Crippen LogP contribution in [0.2, 0.25) is 0 Å². The Hall–Kier alpha value is -3.93. The van der Waals surface area contributed by atoms with Gasteiger partial charge in [0.1, 0.15) is 12.1 Å². The fourth-order valence-electron chi connectivity index (χ4n) is 8.24. The van der Waals surface area contributed by atoms with Gasteiger partial charge in [-0.05, 0) is 70.3 Å². The summed E-state index contributed by atoms with van der Waals surface area (Å²) in [4.78, 5) is 94.6. The summed E-state index contributed by atoms with van der Waals surface area (Å²) in [5, 5.41) is 5.64. The Balaban J connectivity index is 1.44. The third-order valence-corrected chi connectivity index (χ3v) is 11.0. The second-order valence-corrected chi connectivity index (χ2v) is 16.3. The van der Waals surface area contributed by atoms with Crippen LogP contribution in [0.5, 0.6) is 0 Å². The first-order chi connectivity index (χ1) is 25.2. The second kappa shape index (κ2) is 19.4. The first-order valence-corrected chi connectivity index (χ1v) is 19.7. The summed E-state index contributed by atoms with van der Waals surface area (Å²) >= 11 is 0. The molecule has 2 aliphatic carbocycles. The molecule has 4 N–H and O–H groups in total. The van der Waals surface area contributed by atoms with E-state index in [-0.39, 0.29) is 55.7 Å². The maximum absolute atomic E-state index is 14.5. The number of ether oxygens (including phenoxy) is 1. The van der Waals surface area contributed by atoms with Crippen molar-refractivity contribution in [2.24, 2.45) is 23.5 Å². The number of carbonyl (C=O) groups is 7. The van der Waals surface area contributed by atoms with E-state index in [0.29, 0.717) is 17.9 Å². The molecule has 12 nitrogen and oxygen atoms in total. The number of rotatable bonds is 18. The van der Waals surface area contributed by atoms with Crippen LogP contribution in [-0.4, -0.2) is 76.2 Å². The first-order valence-electron chi connectivity index (χ1n) is 19.7. The Labute approximate surface area is 314 Å².